The van der Waals surface area contributed by atoms with Gasteiger partial charge >= 0.3 is 5.97 Å². The van der Waals surface area contributed by atoms with Crippen molar-refractivity contribution in [3.05, 3.63) is 48.0 Å². The largest absolute Gasteiger partial charge is 0.455 e. The molecule has 4 nitrogen and oxygen atoms in total. The van der Waals surface area contributed by atoms with E-state index in [4.69, 9.17) is 4.74 Å². The maximum atomic E-state index is 13.3. The summed E-state index contributed by atoms with van der Waals surface area (Å²) in [6.45, 7) is 8.42. The van der Waals surface area contributed by atoms with Gasteiger partial charge in [0.2, 0.25) is 0 Å². The van der Waals surface area contributed by atoms with Crippen molar-refractivity contribution in [3.63, 3.8) is 0 Å². The molecular weight excluding hydrogens is 388 g/mol. The van der Waals surface area contributed by atoms with Crippen molar-refractivity contribution in [1.82, 2.24) is 0 Å². The Morgan fingerprint density at radius 1 is 1.00 bits per heavy atom. The Balaban J connectivity index is 1.57. The lowest BCUT2D eigenvalue weighted by atomic mass is 9.44. The van der Waals surface area contributed by atoms with Gasteiger partial charge in [0.1, 0.15) is 11.9 Å². The SMILES string of the molecule is CC1(C)[C@H]2CC[C@]34C=C[C@](C)(C3)C(=O)C[C@H]4[C@]2(C)[C@@H]2[C@@H](c3ccccc3)OC(=O)[C@@]21O. The fourth-order valence-corrected chi connectivity index (χ4v) is 9.16. The third-order valence-electron chi connectivity index (χ3n) is 10.5. The van der Waals surface area contributed by atoms with Gasteiger partial charge in [-0.2, -0.15) is 0 Å². The Morgan fingerprint density at radius 3 is 2.42 bits per heavy atom. The fraction of sp³-hybridized carbons (Fsp3) is 0.630. The topological polar surface area (TPSA) is 63.6 Å². The third-order valence-corrected chi connectivity index (χ3v) is 10.5. The van der Waals surface area contributed by atoms with E-state index in [2.05, 4.69) is 26.0 Å². The summed E-state index contributed by atoms with van der Waals surface area (Å²) in [5.41, 5.74) is -2.00. The van der Waals surface area contributed by atoms with Crippen LogP contribution in [0, 0.1) is 39.4 Å². The van der Waals surface area contributed by atoms with Crippen LogP contribution in [0.1, 0.15) is 65.0 Å². The summed E-state index contributed by atoms with van der Waals surface area (Å²) in [5, 5.41) is 12.2. The van der Waals surface area contributed by atoms with Crippen LogP contribution in [-0.2, 0) is 14.3 Å². The van der Waals surface area contributed by atoms with Gasteiger partial charge in [0.25, 0.3) is 0 Å². The van der Waals surface area contributed by atoms with Crippen molar-refractivity contribution in [2.45, 2.75) is 65.1 Å². The summed E-state index contributed by atoms with van der Waals surface area (Å²) in [7, 11) is 0. The molecule has 0 unspecified atom stereocenters. The second kappa shape index (κ2) is 5.51. The summed E-state index contributed by atoms with van der Waals surface area (Å²) in [6.07, 6.45) is 7.35. The first kappa shape index (κ1) is 19.7. The van der Waals surface area contributed by atoms with Crippen LogP contribution in [0.5, 0.6) is 0 Å². The summed E-state index contributed by atoms with van der Waals surface area (Å²) >= 11 is 0. The monoisotopic (exact) mass is 420 g/mol. The van der Waals surface area contributed by atoms with E-state index in [1.54, 1.807) is 0 Å². The standard InChI is InChI=1S/C27H32O4/c1-23(2)17-10-11-26-13-12-24(3,15-26)19(28)14-18(26)25(17,4)21-20(16-8-6-5-7-9-16)31-22(29)27(21,23)30/h5-9,12-13,17-18,20-21,30H,10-11,14-15H2,1-4H3/t17-,18+,20-,21+,24-,25-,26+,27+/m1/s1. The molecule has 1 spiro atoms. The minimum Gasteiger partial charge on any atom is -0.455 e. The predicted molar refractivity (Wildman–Crippen MR) is 116 cm³/mol. The number of carbonyl (C=O) groups is 2. The summed E-state index contributed by atoms with van der Waals surface area (Å²) in [5.74, 6) is -0.301. The maximum Gasteiger partial charge on any atom is 0.339 e. The molecule has 4 heteroatoms. The lowest BCUT2D eigenvalue weighted by molar-refractivity contribution is -0.168. The number of Topliss-reactive ketones (excluding diaryl/α,β-unsaturated/α-hetero) is 1. The van der Waals surface area contributed by atoms with Gasteiger partial charge in [-0.3, -0.25) is 4.79 Å². The van der Waals surface area contributed by atoms with Gasteiger partial charge in [-0.15, -0.1) is 0 Å². The highest BCUT2D eigenvalue weighted by molar-refractivity contribution is 5.89. The highest BCUT2D eigenvalue weighted by Crippen LogP contribution is 2.79. The molecule has 6 rings (SSSR count). The van der Waals surface area contributed by atoms with Crippen molar-refractivity contribution in [2.24, 2.45) is 39.4 Å². The highest BCUT2D eigenvalue weighted by atomic mass is 16.6. The first-order valence-corrected chi connectivity index (χ1v) is 11.7. The van der Waals surface area contributed by atoms with Gasteiger partial charge in [0, 0.05) is 23.2 Å². The van der Waals surface area contributed by atoms with E-state index in [1.165, 1.54) is 0 Å². The smallest absolute Gasteiger partial charge is 0.339 e. The highest BCUT2D eigenvalue weighted by Gasteiger charge is 2.82. The van der Waals surface area contributed by atoms with Crippen molar-refractivity contribution in [2.75, 3.05) is 0 Å². The molecule has 4 aliphatic carbocycles. The quantitative estimate of drug-likeness (QED) is 0.531. The minimum absolute atomic E-state index is 0.0257. The molecule has 1 aliphatic heterocycles. The predicted octanol–water partition coefficient (Wildman–Crippen LogP) is 4.63. The van der Waals surface area contributed by atoms with Gasteiger partial charge in [0.15, 0.2) is 5.60 Å². The van der Waals surface area contributed by atoms with Crippen molar-refractivity contribution in [1.29, 1.82) is 0 Å². The van der Waals surface area contributed by atoms with Crippen molar-refractivity contribution < 1.29 is 19.4 Å². The van der Waals surface area contributed by atoms with E-state index in [9.17, 15) is 14.7 Å². The van der Waals surface area contributed by atoms with E-state index in [0.717, 1.165) is 24.8 Å². The zero-order chi connectivity index (χ0) is 22.0. The first-order chi connectivity index (χ1) is 14.5. The Kier molecular flexibility index (Phi) is 3.51. The Labute approximate surface area is 184 Å². The lowest BCUT2D eigenvalue weighted by Gasteiger charge is -2.59. The van der Waals surface area contributed by atoms with Crippen molar-refractivity contribution >= 4 is 11.8 Å². The van der Waals surface area contributed by atoms with E-state index < -0.39 is 23.1 Å². The van der Waals surface area contributed by atoms with Crippen LogP contribution in [0.15, 0.2) is 42.5 Å². The molecule has 3 saturated carbocycles. The van der Waals surface area contributed by atoms with Gasteiger partial charge in [-0.25, -0.2) is 4.79 Å². The van der Waals surface area contributed by atoms with Gasteiger partial charge in [0.05, 0.1) is 0 Å². The van der Waals surface area contributed by atoms with Gasteiger partial charge in [-0.05, 0) is 54.4 Å². The number of aliphatic hydroxyl groups is 1. The molecule has 1 saturated heterocycles. The molecule has 5 aliphatic rings. The van der Waals surface area contributed by atoms with E-state index >= 15 is 0 Å². The number of allylic oxidation sites excluding steroid dienone is 2. The first-order valence-electron chi connectivity index (χ1n) is 11.7. The fourth-order valence-electron chi connectivity index (χ4n) is 9.16. The molecule has 2 bridgehead atoms. The molecule has 1 heterocycles. The molecule has 8 atom stereocenters. The zero-order valence-corrected chi connectivity index (χ0v) is 18.9. The van der Waals surface area contributed by atoms with Crippen LogP contribution in [0.3, 0.4) is 0 Å². The summed E-state index contributed by atoms with van der Waals surface area (Å²) in [6, 6.07) is 9.85. The van der Waals surface area contributed by atoms with Crippen LogP contribution < -0.4 is 0 Å². The summed E-state index contributed by atoms with van der Waals surface area (Å²) in [4.78, 5) is 26.6. The zero-order valence-electron chi connectivity index (χ0n) is 18.9. The number of hydrogen-bond acceptors (Lipinski definition) is 4. The molecule has 0 aromatic heterocycles. The second-order valence-corrected chi connectivity index (χ2v) is 12.0. The molecule has 164 valence electrons. The van der Waals surface area contributed by atoms with Crippen molar-refractivity contribution in [3.8, 4) is 0 Å². The van der Waals surface area contributed by atoms with E-state index in [1.807, 2.05) is 44.2 Å². The molecule has 1 aromatic carbocycles. The number of cyclic esters (lactones) is 1. The summed E-state index contributed by atoms with van der Waals surface area (Å²) < 4.78 is 5.98. The molecule has 4 fully saturated rings. The normalized spacial score (nSPS) is 51.3. The van der Waals surface area contributed by atoms with Crippen LogP contribution in [0.25, 0.3) is 0 Å². The number of ether oxygens (including phenoxy) is 1. The Morgan fingerprint density at radius 2 is 1.71 bits per heavy atom. The van der Waals surface area contributed by atoms with E-state index in [0.29, 0.717) is 12.2 Å². The second-order valence-electron chi connectivity index (χ2n) is 12.0. The van der Waals surface area contributed by atoms with Crippen LogP contribution in [-0.4, -0.2) is 22.5 Å². The Bertz CT molecular complexity index is 1030. The van der Waals surface area contributed by atoms with Crippen LogP contribution in [0.4, 0.5) is 0 Å². The van der Waals surface area contributed by atoms with E-state index in [-0.39, 0.29) is 34.0 Å². The molecule has 0 radical (unpaired) electrons. The molecule has 1 aromatic rings. The number of benzene rings is 1. The number of ketones is 1. The van der Waals surface area contributed by atoms with Crippen LogP contribution in [0.2, 0.25) is 0 Å². The minimum atomic E-state index is -1.55. The number of carbonyl (C=O) groups excluding carboxylic acids is 2. The average molecular weight is 421 g/mol. The number of esters is 1. The molecule has 1 N–H and O–H groups in total. The molecular formula is C27H32O4. The maximum absolute atomic E-state index is 13.3. The van der Waals surface area contributed by atoms with Gasteiger partial charge < -0.3 is 9.84 Å². The number of fused-ring (bicyclic) bond motifs is 5. The average Bonchev–Trinajstić information content (AvgIpc) is 3.23. The molecule has 31 heavy (non-hydrogen) atoms. The number of rotatable bonds is 1. The third kappa shape index (κ3) is 1.98. The molecule has 0 amide bonds. The Hall–Kier alpha value is -1.94. The lowest BCUT2D eigenvalue weighted by Crippen LogP contribution is -2.56. The number of hydrogen-bond donors (Lipinski definition) is 1. The van der Waals surface area contributed by atoms with Crippen LogP contribution >= 0.6 is 0 Å². The van der Waals surface area contributed by atoms with Gasteiger partial charge in [-0.1, -0.05) is 63.3 Å².